The first-order valence-electron chi connectivity index (χ1n) is 18.6. The van der Waals surface area contributed by atoms with Crippen molar-refractivity contribution < 1.29 is 56.4 Å². The van der Waals surface area contributed by atoms with Gasteiger partial charge in [-0.15, -0.1) is 0 Å². The summed E-state index contributed by atoms with van der Waals surface area (Å²) in [6, 6.07) is 28.9. The van der Waals surface area contributed by atoms with Crippen molar-refractivity contribution in [1.82, 2.24) is 0 Å². The summed E-state index contributed by atoms with van der Waals surface area (Å²) in [5, 5.41) is 1.39. The highest BCUT2D eigenvalue weighted by atomic mass is 19.1. The lowest BCUT2D eigenvalue weighted by Gasteiger charge is -2.10. The average molecular weight is 789 g/mol. The lowest BCUT2D eigenvalue weighted by molar-refractivity contribution is 0.0717. The highest BCUT2D eigenvalue weighted by molar-refractivity contribution is 5.95. The molecule has 0 aliphatic carbocycles. The molecule has 0 saturated carbocycles. The first kappa shape index (κ1) is 40.6. The van der Waals surface area contributed by atoms with Crippen LogP contribution in [0.15, 0.2) is 121 Å². The minimum Gasteiger partial charge on any atom is -0.493 e. The second kappa shape index (κ2) is 19.2. The number of fused-ring (bicyclic) bond motifs is 1. The van der Waals surface area contributed by atoms with Crippen molar-refractivity contribution in [1.29, 1.82) is 0 Å². The van der Waals surface area contributed by atoms with Gasteiger partial charge in [0, 0.05) is 12.1 Å². The van der Waals surface area contributed by atoms with E-state index in [1.165, 1.54) is 72.8 Å². The minimum atomic E-state index is -0.907. The molecule has 6 rings (SSSR count). The fourth-order valence-corrected chi connectivity index (χ4v) is 5.47. The van der Waals surface area contributed by atoms with Gasteiger partial charge in [-0.25, -0.2) is 28.0 Å². The van der Waals surface area contributed by atoms with E-state index in [9.17, 15) is 28.0 Å². The van der Waals surface area contributed by atoms with Crippen LogP contribution in [-0.2, 0) is 0 Å². The van der Waals surface area contributed by atoms with Crippen molar-refractivity contribution in [3.05, 3.63) is 155 Å². The number of hydrogen-bond donors (Lipinski definition) is 0. The lowest BCUT2D eigenvalue weighted by Crippen LogP contribution is -2.12. The third-order valence-corrected chi connectivity index (χ3v) is 8.66. The summed E-state index contributed by atoms with van der Waals surface area (Å²) in [5.74, 6) is -3.49. The largest absolute Gasteiger partial charge is 0.493 e. The van der Waals surface area contributed by atoms with Gasteiger partial charge < -0.3 is 28.4 Å². The molecule has 0 fully saturated rings. The number of benzene rings is 6. The topological polar surface area (TPSA) is 124 Å². The summed E-state index contributed by atoms with van der Waals surface area (Å²) < 4.78 is 61.8. The average Bonchev–Trinajstić information content (AvgIpc) is 3.21. The van der Waals surface area contributed by atoms with Crippen molar-refractivity contribution in [3.63, 3.8) is 0 Å². The van der Waals surface area contributed by atoms with Crippen molar-refractivity contribution >= 4 is 34.6 Å². The number of rotatable bonds is 16. The normalized spacial score (nSPS) is 10.8. The summed E-state index contributed by atoms with van der Waals surface area (Å²) in [5.41, 5.74) is -0.198. The van der Waals surface area contributed by atoms with Gasteiger partial charge in [0.15, 0.2) is 0 Å². The number of unbranched alkanes of at least 4 members (excludes halogenated alkanes) is 2. The van der Waals surface area contributed by atoms with Crippen LogP contribution >= 0.6 is 0 Å². The summed E-state index contributed by atoms with van der Waals surface area (Å²) in [4.78, 5) is 51.1. The molecule has 58 heavy (non-hydrogen) atoms. The molecule has 6 aromatic carbocycles. The molecule has 0 aliphatic heterocycles. The van der Waals surface area contributed by atoms with Crippen LogP contribution in [0.4, 0.5) is 8.78 Å². The predicted octanol–water partition coefficient (Wildman–Crippen LogP) is 10.4. The second-order valence-electron chi connectivity index (χ2n) is 13.0. The Morgan fingerprint density at radius 1 is 0.414 bits per heavy atom. The van der Waals surface area contributed by atoms with E-state index in [0.29, 0.717) is 30.1 Å². The standard InChI is InChI=1S/C46H38F2O10/c1-3-5-23-53-35-19-21-39(41(47)27-35)45(51)55-33-13-9-30(10-14-33)43(49)57-37-17-7-29-8-18-38(26-32(29)25-37)58-44(50)31-11-15-34(16-12-31)56-46(52)40-22-20-36(28-42(40)48)54-24-6-4-2/h7-22,25-28H,3-6,23-24H2,1-2H3. The highest BCUT2D eigenvalue weighted by Gasteiger charge is 2.18. The maximum Gasteiger partial charge on any atom is 0.346 e. The van der Waals surface area contributed by atoms with Crippen LogP contribution in [0.25, 0.3) is 10.8 Å². The Labute approximate surface area is 332 Å². The van der Waals surface area contributed by atoms with Gasteiger partial charge >= 0.3 is 23.9 Å². The quantitative estimate of drug-likeness (QED) is 0.0532. The van der Waals surface area contributed by atoms with Crippen molar-refractivity contribution in [3.8, 4) is 34.5 Å². The van der Waals surface area contributed by atoms with Crippen LogP contribution < -0.4 is 28.4 Å². The molecule has 296 valence electrons. The number of carbonyl (C=O) groups excluding carboxylic acids is 4. The van der Waals surface area contributed by atoms with Crippen molar-refractivity contribution in [2.75, 3.05) is 13.2 Å². The van der Waals surface area contributed by atoms with Crippen LogP contribution in [0, 0.1) is 11.6 Å². The molecule has 12 heteroatoms. The Balaban J connectivity index is 1.02. The van der Waals surface area contributed by atoms with Gasteiger partial charge in [0.05, 0.1) is 35.5 Å². The second-order valence-corrected chi connectivity index (χ2v) is 13.0. The molecular weight excluding hydrogens is 750 g/mol. The Morgan fingerprint density at radius 2 is 0.776 bits per heavy atom. The molecule has 0 N–H and O–H groups in total. The van der Waals surface area contributed by atoms with E-state index in [1.54, 1.807) is 36.4 Å². The molecule has 0 aliphatic rings. The Bertz CT molecular complexity index is 2260. The van der Waals surface area contributed by atoms with E-state index in [1.807, 2.05) is 13.8 Å². The fraction of sp³-hybridized carbons (Fsp3) is 0.174. The molecule has 0 heterocycles. The third-order valence-electron chi connectivity index (χ3n) is 8.66. The maximum atomic E-state index is 14.6. The van der Waals surface area contributed by atoms with Gasteiger partial charge in [-0.05, 0) is 121 Å². The Hall–Kier alpha value is -7.08. The van der Waals surface area contributed by atoms with Gasteiger partial charge in [-0.1, -0.05) is 38.8 Å². The first-order chi connectivity index (χ1) is 28.1. The van der Waals surface area contributed by atoms with Crippen LogP contribution in [0.1, 0.15) is 81.0 Å². The van der Waals surface area contributed by atoms with E-state index in [2.05, 4.69) is 0 Å². The van der Waals surface area contributed by atoms with Crippen molar-refractivity contribution in [2.24, 2.45) is 0 Å². The van der Waals surface area contributed by atoms with Crippen LogP contribution in [0.3, 0.4) is 0 Å². The zero-order chi connectivity index (χ0) is 41.0. The fourth-order valence-electron chi connectivity index (χ4n) is 5.47. The van der Waals surface area contributed by atoms with Gasteiger partial charge in [0.2, 0.25) is 0 Å². The number of hydrogen-bond acceptors (Lipinski definition) is 10. The minimum absolute atomic E-state index is 0.0960. The molecule has 6 aromatic rings. The molecule has 0 atom stereocenters. The summed E-state index contributed by atoms with van der Waals surface area (Å²) in [6.07, 6.45) is 3.50. The van der Waals surface area contributed by atoms with Gasteiger partial charge in [-0.3, -0.25) is 0 Å². The molecule has 0 radical (unpaired) electrons. The molecule has 0 saturated heterocycles. The van der Waals surface area contributed by atoms with Gasteiger partial charge in [0.1, 0.15) is 46.1 Å². The van der Waals surface area contributed by atoms with Crippen LogP contribution in [-0.4, -0.2) is 37.1 Å². The molecule has 0 unspecified atom stereocenters. The van der Waals surface area contributed by atoms with E-state index in [0.717, 1.165) is 43.2 Å². The summed E-state index contributed by atoms with van der Waals surface area (Å²) in [6.45, 7) is 4.90. The molecule has 10 nitrogen and oxygen atoms in total. The van der Waals surface area contributed by atoms with Gasteiger partial charge in [0.25, 0.3) is 0 Å². The molecule has 0 spiro atoms. The molecule has 0 amide bonds. The highest BCUT2D eigenvalue weighted by Crippen LogP contribution is 2.28. The van der Waals surface area contributed by atoms with Gasteiger partial charge in [-0.2, -0.15) is 0 Å². The Kier molecular flexibility index (Phi) is 13.4. The van der Waals surface area contributed by atoms with E-state index in [4.69, 9.17) is 28.4 Å². The SMILES string of the molecule is CCCCOc1ccc(C(=O)Oc2ccc(C(=O)Oc3ccc4ccc(OC(=O)c5ccc(OC(=O)c6ccc(OCCCC)cc6F)cc5)cc4c3)cc2)c(F)c1. The van der Waals surface area contributed by atoms with E-state index < -0.39 is 35.5 Å². The van der Waals surface area contributed by atoms with Crippen LogP contribution in [0.2, 0.25) is 0 Å². The maximum absolute atomic E-state index is 14.6. The van der Waals surface area contributed by atoms with E-state index >= 15 is 0 Å². The zero-order valence-electron chi connectivity index (χ0n) is 31.6. The van der Waals surface area contributed by atoms with E-state index in [-0.39, 0.29) is 45.3 Å². The molecule has 0 bridgehead atoms. The molecular formula is C46H38F2O10. The zero-order valence-corrected chi connectivity index (χ0v) is 31.6. The Morgan fingerprint density at radius 3 is 1.16 bits per heavy atom. The smallest absolute Gasteiger partial charge is 0.346 e. The number of halogens is 2. The number of esters is 4. The number of ether oxygens (including phenoxy) is 6. The lowest BCUT2D eigenvalue weighted by atomic mass is 10.1. The van der Waals surface area contributed by atoms with Crippen molar-refractivity contribution in [2.45, 2.75) is 39.5 Å². The summed E-state index contributed by atoms with van der Waals surface area (Å²) >= 11 is 0. The monoisotopic (exact) mass is 788 g/mol. The molecule has 0 aromatic heterocycles. The van der Waals surface area contributed by atoms with Crippen LogP contribution in [0.5, 0.6) is 34.5 Å². The number of carbonyl (C=O) groups is 4. The first-order valence-corrected chi connectivity index (χ1v) is 18.6. The third kappa shape index (κ3) is 10.6. The predicted molar refractivity (Wildman–Crippen MR) is 210 cm³/mol. The summed E-state index contributed by atoms with van der Waals surface area (Å²) in [7, 11) is 0.